The van der Waals surface area contributed by atoms with Crippen LogP contribution >= 0.6 is 0 Å². The Labute approximate surface area is 60.4 Å². The van der Waals surface area contributed by atoms with Gasteiger partial charge in [0.15, 0.2) is 6.29 Å². The van der Waals surface area contributed by atoms with Gasteiger partial charge in [-0.25, -0.2) is 0 Å². The highest BCUT2D eigenvalue weighted by Crippen LogP contribution is 2.02. The zero-order valence-electron chi connectivity index (χ0n) is 6.28. The van der Waals surface area contributed by atoms with Crippen molar-refractivity contribution in [3.8, 4) is 0 Å². The molecule has 62 valence electrons. The molecule has 0 spiro atoms. The Hall–Kier alpha value is -0.160. The molecule has 4 heteroatoms. The Kier molecular flexibility index (Phi) is 5.52. The number of rotatable bonds is 5. The summed E-state index contributed by atoms with van der Waals surface area (Å²) in [5.41, 5.74) is 0. The van der Waals surface area contributed by atoms with E-state index in [1.54, 1.807) is 0 Å². The second-order valence-corrected chi connectivity index (χ2v) is 1.92. The minimum atomic E-state index is -0.750. The van der Waals surface area contributed by atoms with Crippen LogP contribution in [0.25, 0.3) is 0 Å². The first kappa shape index (κ1) is 9.84. The number of aliphatic hydroxyl groups is 2. The maximum absolute atomic E-state index is 9.10. The lowest BCUT2D eigenvalue weighted by Crippen LogP contribution is -2.30. The van der Waals surface area contributed by atoms with Crippen LogP contribution in [0.3, 0.4) is 0 Å². The Bertz CT molecular complexity index is 72.1. The minimum Gasteiger partial charge on any atom is -0.396 e. The summed E-state index contributed by atoms with van der Waals surface area (Å²) >= 11 is 0. The van der Waals surface area contributed by atoms with Gasteiger partial charge in [0.1, 0.15) is 6.10 Å². The van der Waals surface area contributed by atoms with Crippen LogP contribution in [0, 0.1) is 0 Å². The lowest BCUT2D eigenvalue weighted by Gasteiger charge is -2.18. The van der Waals surface area contributed by atoms with Crippen molar-refractivity contribution in [3.63, 3.8) is 0 Å². The second kappa shape index (κ2) is 5.61. The quantitative estimate of drug-likeness (QED) is 0.511. The SMILES string of the molecule is COC(OC)C(O)CCO. The van der Waals surface area contributed by atoms with Crippen molar-refractivity contribution in [1.29, 1.82) is 0 Å². The molecule has 1 atom stereocenters. The van der Waals surface area contributed by atoms with E-state index < -0.39 is 12.4 Å². The molecule has 0 aliphatic carbocycles. The van der Waals surface area contributed by atoms with Crippen molar-refractivity contribution < 1.29 is 19.7 Å². The van der Waals surface area contributed by atoms with E-state index in [4.69, 9.17) is 19.7 Å². The number of hydrogen-bond donors (Lipinski definition) is 2. The van der Waals surface area contributed by atoms with E-state index in [9.17, 15) is 0 Å². The lowest BCUT2D eigenvalue weighted by atomic mass is 10.2. The first-order valence-corrected chi connectivity index (χ1v) is 3.10. The summed E-state index contributed by atoms with van der Waals surface area (Å²) in [7, 11) is 2.88. The van der Waals surface area contributed by atoms with Gasteiger partial charge in [-0.2, -0.15) is 0 Å². The van der Waals surface area contributed by atoms with Gasteiger partial charge in [0.2, 0.25) is 0 Å². The zero-order chi connectivity index (χ0) is 7.98. The fourth-order valence-corrected chi connectivity index (χ4v) is 0.679. The number of ether oxygens (including phenoxy) is 2. The molecule has 0 bridgehead atoms. The van der Waals surface area contributed by atoms with E-state index in [1.807, 2.05) is 0 Å². The molecule has 0 aromatic heterocycles. The third-order valence-electron chi connectivity index (χ3n) is 1.20. The van der Waals surface area contributed by atoms with Gasteiger partial charge >= 0.3 is 0 Å². The molecule has 0 heterocycles. The van der Waals surface area contributed by atoms with Gasteiger partial charge in [0, 0.05) is 27.2 Å². The molecule has 0 radical (unpaired) electrons. The largest absolute Gasteiger partial charge is 0.396 e. The Balaban J connectivity index is 3.53. The predicted molar refractivity (Wildman–Crippen MR) is 35.5 cm³/mol. The fourth-order valence-electron chi connectivity index (χ4n) is 0.679. The van der Waals surface area contributed by atoms with Gasteiger partial charge in [-0.05, 0) is 0 Å². The van der Waals surface area contributed by atoms with Crippen LogP contribution in [-0.4, -0.2) is 43.4 Å². The molecule has 0 aromatic rings. The molecule has 0 amide bonds. The average molecular weight is 150 g/mol. The minimum absolute atomic E-state index is 0.0651. The highest BCUT2D eigenvalue weighted by molar-refractivity contribution is 4.57. The summed E-state index contributed by atoms with van der Waals surface area (Å²) in [6, 6.07) is 0. The molecule has 0 aromatic carbocycles. The van der Waals surface area contributed by atoms with Gasteiger partial charge in [-0.15, -0.1) is 0 Å². The standard InChI is InChI=1S/C6H14O4/c1-9-6(10-2)5(8)3-4-7/h5-8H,3-4H2,1-2H3. The molecule has 2 N–H and O–H groups in total. The molecule has 0 fully saturated rings. The van der Waals surface area contributed by atoms with E-state index in [0.29, 0.717) is 0 Å². The summed E-state index contributed by atoms with van der Waals surface area (Å²) in [4.78, 5) is 0. The molecule has 1 unspecified atom stereocenters. The smallest absolute Gasteiger partial charge is 0.182 e. The van der Waals surface area contributed by atoms with Crippen molar-refractivity contribution in [2.24, 2.45) is 0 Å². The van der Waals surface area contributed by atoms with E-state index in [2.05, 4.69) is 0 Å². The van der Waals surface area contributed by atoms with Gasteiger partial charge in [0.25, 0.3) is 0 Å². The lowest BCUT2D eigenvalue weighted by molar-refractivity contribution is -0.167. The van der Waals surface area contributed by atoms with Crippen LogP contribution in [0.15, 0.2) is 0 Å². The average Bonchev–Trinajstić information content (AvgIpc) is 1.91. The molecule has 0 rings (SSSR count). The van der Waals surface area contributed by atoms with Crippen LogP contribution in [0.2, 0.25) is 0 Å². The van der Waals surface area contributed by atoms with Gasteiger partial charge in [-0.3, -0.25) is 0 Å². The summed E-state index contributed by atoms with van der Waals surface area (Å²) in [5.74, 6) is 0. The summed E-state index contributed by atoms with van der Waals surface area (Å²) in [5, 5.41) is 17.5. The maximum Gasteiger partial charge on any atom is 0.182 e. The molecule has 0 aliphatic rings. The van der Waals surface area contributed by atoms with E-state index >= 15 is 0 Å². The number of aliphatic hydroxyl groups excluding tert-OH is 2. The monoisotopic (exact) mass is 150 g/mol. The third-order valence-corrected chi connectivity index (χ3v) is 1.20. The van der Waals surface area contributed by atoms with Crippen LogP contribution in [0.5, 0.6) is 0 Å². The molecule has 0 aliphatic heterocycles. The normalized spacial score (nSPS) is 14.1. The van der Waals surface area contributed by atoms with Crippen molar-refractivity contribution >= 4 is 0 Å². The number of hydrogen-bond acceptors (Lipinski definition) is 4. The summed E-state index contributed by atoms with van der Waals surface area (Å²) in [6.45, 7) is -0.0651. The van der Waals surface area contributed by atoms with E-state index in [-0.39, 0.29) is 13.0 Å². The van der Waals surface area contributed by atoms with Crippen molar-refractivity contribution in [3.05, 3.63) is 0 Å². The maximum atomic E-state index is 9.10. The van der Waals surface area contributed by atoms with Crippen LogP contribution in [0.4, 0.5) is 0 Å². The summed E-state index contributed by atoms with van der Waals surface area (Å²) < 4.78 is 9.46. The molecule has 4 nitrogen and oxygen atoms in total. The highest BCUT2D eigenvalue weighted by Gasteiger charge is 2.16. The zero-order valence-corrected chi connectivity index (χ0v) is 6.28. The summed E-state index contributed by atoms with van der Waals surface area (Å²) in [6.07, 6.45) is -1.11. The van der Waals surface area contributed by atoms with Crippen molar-refractivity contribution in [2.75, 3.05) is 20.8 Å². The van der Waals surface area contributed by atoms with Crippen LogP contribution < -0.4 is 0 Å². The molecule has 10 heavy (non-hydrogen) atoms. The third kappa shape index (κ3) is 3.12. The first-order valence-electron chi connectivity index (χ1n) is 3.10. The molecule has 0 saturated carbocycles. The van der Waals surface area contributed by atoms with E-state index in [0.717, 1.165) is 0 Å². The Morgan fingerprint density at radius 3 is 2.10 bits per heavy atom. The predicted octanol–water partition coefficient (Wildman–Crippen LogP) is -0.651. The highest BCUT2D eigenvalue weighted by atomic mass is 16.7. The molecule has 0 saturated heterocycles. The first-order chi connectivity index (χ1) is 4.76. The van der Waals surface area contributed by atoms with Crippen molar-refractivity contribution in [2.45, 2.75) is 18.8 Å². The Morgan fingerprint density at radius 1 is 1.30 bits per heavy atom. The van der Waals surface area contributed by atoms with Crippen LogP contribution in [0.1, 0.15) is 6.42 Å². The number of methoxy groups -OCH3 is 2. The molecular weight excluding hydrogens is 136 g/mol. The van der Waals surface area contributed by atoms with Gasteiger partial charge in [-0.1, -0.05) is 0 Å². The van der Waals surface area contributed by atoms with Gasteiger partial charge < -0.3 is 19.7 Å². The fraction of sp³-hybridized carbons (Fsp3) is 1.00. The molecular formula is C6H14O4. The van der Waals surface area contributed by atoms with Gasteiger partial charge in [0.05, 0.1) is 0 Å². The second-order valence-electron chi connectivity index (χ2n) is 1.92. The van der Waals surface area contributed by atoms with Crippen molar-refractivity contribution in [1.82, 2.24) is 0 Å². The van der Waals surface area contributed by atoms with E-state index in [1.165, 1.54) is 14.2 Å². The Morgan fingerprint density at radius 2 is 1.80 bits per heavy atom. The van der Waals surface area contributed by atoms with Crippen LogP contribution in [-0.2, 0) is 9.47 Å². The topological polar surface area (TPSA) is 58.9 Å².